The molecule has 0 unspecified atom stereocenters. The van der Waals surface area contributed by atoms with E-state index >= 15 is 0 Å². The zero-order chi connectivity index (χ0) is 26.6. The number of aromatic nitrogens is 1. The first-order valence-corrected chi connectivity index (χ1v) is 12.4. The van der Waals surface area contributed by atoms with Gasteiger partial charge in [-0.15, -0.1) is 0 Å². The van der Waals surface area contributed by atoms with Crippen LogP contribution in [0.1, 0.15) is 50.0 Å². The summed E-state index contributed by atoms with van der Waals surface area (Å²) in [6, 6.07) is 22.8. The van der Waals surface area contributed by atoms with Gasteiger partial charge in [0.2, 0.25) is 5.91 Å². The van der Waals surface area contributed by atoms with Gasteiger partial charge in [0.15, 0.2) is 0 Å². The average Bonchev–Trinajstić information content (AvgIpc) is 2.86. The highest BCUT2D eigenvalue weighted by molar-refractivity contribution is 6.04. The Bertz CT molecular complexity index is 1400. The molecule has 4 aromatic rings. The van der Waals surface area contributed by atoms with Crippen LogP contribution in [0.2, 0.25) is 0 Å². The third-order valence-corrected chi connectivity index (χ3v) is 6.02. The van der Waals surface area contributed by atoms with Gasteiger partial charge in [-0.1, -0.05) is 57.2 Å². The molecule has 190 valence electrons. The first-order chi connectivity index (χ1) is 17.6. The molecule has 1 N–H and O–H groups in total. The van der Waals surface area contributed by atoms with Crippen LogP contribution in [0.15, 0.2) is 79.0 Å². The van der Waals surface area contributed by atoms with E-state index in [0.717, 1.165) is 33.2 Å². The van der Waals surface area contributed by atoms with Gasteiger partial charge in [-0.25, -0.2) is 9.78 Å². The molecular weight excluding hydrogens is 464 g/mol. The van der Waals surface area contributed by atoms with Gasteiger partial charge in [0.1, 0.15) is 11.6 Å². The van der Waals surface area contributed by atoms with Crippen molar-refractivity contribution in [3.05, 3.63) is 90.1 Å². The lowest BCUT2D eigenvalue weighted by molar-refractivity contribution is -0.120. The van der Waals surface area contributed by atoms with E-state index in [0.29, 0.717) is 25.4 Å². The zero-order valence-corrected chi connectivity index (χ0v) is 21.7. The molecule has 0 aliphatic heterocycles. The van der Waals surface area contributed by atoms with Crippen molar-refractivity contribution in [2.75, 3.05) is 11.5 Å². The van der Waals surface area contributed by atoms with Crippen LogP contribution in [0.5, 0.6) is 5.75 Å². The van der Waals surface area contributed by atoms with Crippen LogP contribution in [0.4, 0.5) is 5.82 Å². The van der Waals surface area contributed by atoms with Crippen LogP contribution in [0, 0.1) is 5.41 Å². The van der Waals surface area contributed by atoms with E-state index < -0.39 is 5.97 Å². The van der Waals surface area contributed by atoms with Gasteiger partial charge in [-0.3, -0.25) is 9.69 Å². The van der Waals surface area contributed by atoms with Crippen molar-refractivity contribution in [3.63, 3.8) is 0 Å². The number of carboxylic acids is 1. The number of nitrogens with zero attached hydrogens (tertiary/aromatic N) is 2. The van der Waals surface area contributed by atoms with E-state index in [1.807, 2.05) is 76.2 Å². The van der Waals surface area contributed by atoms with Gasteiger partial charge in [0.05, 0.1) is 18.7 Å². The summed E-state index contributed by atoms with van der Waals surface area (Å²) in [6.45, 7) is 9.04. The summed E-state index contributed by atoms with van der Waals surface area (Å²) in [4.78, 5) is 31.3. The van der Waals surface area contributed by atoms with Crippen molar-refractivity contribution >= 4 is 28.5 Å². The maximum Gasteiger partial charge on any atom is 0.335 e. The van der Waals surface area contributed by atoms with Crippen molar-refractivity contribution in [2.45, 2.75) is 40.7 Å². The fourth-order valence-electron chi connectivity index (χ4n) is 4.24. The Morgan fingerprint density at radius 1 is 0.919 bits per heavy atom. The molecule has 0 radical (unpaired) electrons. The van der Waals surface area contributed by atoms with Crippen LogP contribution >= 0.6 is 0 Å². The summed E-state index contributed by atoms with van der Waals surface area (Å²) in [5.41, 5.74) is 3.12. The first kappa shape index (κ1) is 25.9. The van der Waals surface area contributed by atoms with E-state index in [9.17, 15) is 14.7 Å². The van der Waals surface area contributed by atoms with Crippen molar-refractivity contribution in [2.24, 2.45) is 5.41 Å². The summed E-state index contributed by atoms with van der Waals surface area (Å²) in [5, 5.41) is 10.9. The summed E-state index contributed by atoms with van der Waals surface area (Å²) in [5.74, 6) is 0.340. The van der Waals surface area contributed by atoms with Gasteiger partial charge >= 0.3 is 5.97 Å². The van der Waals surface area contributed by atoms with E-state index in [-0.39, 0.29) is 16.9 Å². The molecule has 0 bridgehead atoms. The maximum absolute atomic E-state index is 13.5. The molecule has 0 aliphatic carbocycles. The van der Waals surface area contributed by atoms with E-state index in [1.165, 1.54) is 0 Å². The second kappa shape index (κ2) is 10.8. The Kier molecular flexibility index (Phi) is 7.58. The predicted octanol–water partition coefficient (Wildman–Crippen LogP) is 6.97. The largest absolute Gasteiger partial charge is 0.494 e. The molecule has 0 fully saturated rings. The van der Waals surface area contributed by atoms with E-state index in [2.05, 4.69) is 4.98 Å². The number of pyridine rings is 1. The van der Waals surface area contributed by atoms with Gasteiger partial charge in [-0.2, -0.15) is 0 Å². The highest BCUT2D eigenvalue weighted by atomic mass is 16.5. The number of hydrogen-bond acceptors (Lipinski definition) is 4. The summed E-state index contributed by atoms with van der Waals surface area (Å²) in [7, 11) is 0. The third kappa shape index (κ3) is 6.33. The van der Waals surface area contributed by atoms with Crippen LogP contribution in [-0.4, -0.2) is 28.6 Å². The molecule has 4 rings (SSSR count). The number of amides is 1. The lowest BCUT2D eigenvalue weighted by atomic mass is 9.91. The second-order valence-electron chi connectivity index (χ2n) is 10.2. The van der Waals surface area contributed by atoms with Gasteiger partial charge in [0.25, 0.3) is 0 Å². The summed E-state index contributed by atoms with van der Waals surface area (Å²) >= 11 is 0. The Morgan fingerprint density at radius 3 is 2.16 bits per heavy atom. The molecule has 3 aromatic carbocycles. The summed E-state index contributed by atoms with van der Waals surface area (Å²) < 4.78 is 5.53. The molecule has 0 aliphatic rings. The monoisotopic (exact) mass is 496 g/mol. The van der Waals surface area contributed by atoms with Gasteiger partial charge in [-0.05, 0) is 70.8 Å². The minimum atomic E-state index is -0.992. The standard InChI is InChI=1S/C31H32N2O4/c1-5-37-26-13-10-23(11-14-26)22-8-6-21(7-9-22)20-33(28(34)19-31(2,3)4)29-27-15-12-25(30(35)36)18-24(27)16-17-32-29/h6-18H,5,19-20H2,1-4H3,(H,35,36). The molecular formula is C31H32N2O4. The van der Waals surface area contributed by atoms with Crippen LogP contribution in [-0.2, 0) is 11.3 Å². The Labute approximate surface area is 217 Å². The number of anilines is 1. The van der Waals surface area contributed by atoms with Crippen molar-refractivity contribution in [1.29, 1.82) is 0 Å². The normalized spacial score (nSPS) is 11.4. The third-order valence-electron chi connectivity index (χ3n) is 6.02. The molecule has 1 amide bonds. The zero-order valence-electron chi connectivity index (χ0n) is 21.7. The topological polar surface area (TPSA) is 79.7 Å². The fraction of sp³-hybridized carbons (Fsp3) is 0.258. The van der Waals surface area contributed by atoms with E-state index in [4.69, 9.17) is 4.74 Å². The molecule has 6 nitrogen and oxygen atoms in total. The van der Waals surface area contributed by atoms with Crippen molar-refractivity contribution in [1.82, 2.24) is 4.98 Å². The Balaban J connectivity index is 1.66. The number of aromatic carboxylic acids is 1. The predicted molar refractivity (Wildman–Crippen MR) is 147 cm³/mol. The van der Waals surface area contributed by atoms with Crippen LogP contribution in [0.25, 0.3) is 21.9 Å². The number of carboxylic acid groups (broad SMARTS) is 1. The molecule has 0 saturated heterocycles. The molecule has 37 heavy (non-hydrogen) atoms. The molecule has 0 spiro atoms. The number of ether oxygens (including phenoxy) is 1. The van der Waals surface area contributed by atoms with Gasteiger partial charge < -0.3 is 9.84 Å². The molecule has 0 atom stereocenters. The second-order valence-corrected chi connectivity index (χ2v) is 10.2. The molecule has 0 saturated carbocycles. The Morgan fingerprint density at radius 2 is 1.57 bits per heavy atom. The first-order valence-electron chi connectivity index (χ1n) is 12.4. The van der Waals surface area contributed by atoms with Gasteiger partial charge in [0, 0.05) is 18.0 Å². The Hall–Kier alpha value is -4.19. The van der Waals surface area contributed by atoms with E-state index in [1.54, 1.807) is 35.4 Å². The number of fused-ring (bicyclic) bond motifs is 1. The number of carbonyl (C=O) groups is 2. The highest BCUT2D eigenvalue weighted by Gasteiger charge is 2.25. The highest BCUT2D eigenvalue weighted by Crippen LogP contribution is 2.30. The number of rotatable bonds is 8. The smallest absolute Gasteiger partial charge is 0.335 e. The minimum Gasteiger partial charge on any atom is -0.494 e. The number of carbonyl (C=O) groups excluding carboxylic acids is 1. The summed E-state index contributed by atoms with van der Waals surface area (Å²) in [6.07, 6.45) is 1.97. The average molecular weight is 497 g/mol. The number of benzene rings is 3. The molecule has 1 aromatic heterocycles. The quantitative estimate of drug-likeness (QED) is 0.285. The minimum absolute atomic E-state index is 0.0367. The van der Waals surface area contributed by atoms with Crippen molar-refractivity contribution in [3.8, 4) is 16.9 Å². The molecule has 1 heterocycles. The maximum atomic E-state index is 13.5. The lowest BCUT2D eigenvalue weighted by Crippen LogP contribution is -2.34. The van der Waals surface area contributed by atoms with Crippen molar-refractivity contribution < 1.29 is 19.4 Å². The SMILES string of the molecule is CCOc1ccc(-c2ccc(CN(C(=O)CC(C)(C)C)c3nccc4cc(C(=O)O)ccc34)cc2)cc1. The fourth-order valence-corrected chi connectivity index (χ4v) is 4.24. The number of hydrogen-bond donors (Lipinski definition) is 1. The lowest BCUT2D eigenvalue weighted by Gasteiger charge is -2.27. The van der Waals surface area contributed by atoms with Crippen LogP contribution < -0.4 is 9.64 Å². The van der Waals surface area contributed by atoms with Crippen LogP contribution in [0.3, 0.4) is 0 Å². The molecule has 6 heteroatoms.